The van der Waals surface area contributed by atoms with Crippen molar-refractivity contribution < 1.29 is 38.0 Å². The van der Waals surface area contributed by atoms with Crippen LogP contribution in [0.25, 0.3) is 0 Å². The minimum absolute atomic E-state index is 0. The third-order valence-electron chi connectivity index (χ3n) is 6.49. The van der Waals surface area contributed by atoms with E-state index < -0.39 is 0 Å². The number of hydrogen-bond donors (Lipinski definition) is 2. The second kappa shape index (κ2) is 16.7. The number of halogens is 2. The minimum atomic E-state index is -0.211. The molecule has 0 spiro atoms. The van der Waals surface area contributed by atoms with Crippen molar-refractivity contribution in [2.24, 2.45) is 0 Å². The van der Waals surface area contributed by atoms with Crippen molar-refractivity contribution in [3.05, 3.63) is 46.5 Å². The average molecular weight is 604 g/mol. The molecule has 2 N–H and O–H groups in total. The Hall–Kier alpha value is -2.47. The van der Waals surface area contributed by atoms with Gasteiger partial charge in [-0.25, -0.2) is 0 Å². The molecule has 0 aliphatic carbocycles. The zero-order valence-electron chi connectivity index (χ0n) is 23.4. The van der Waals surface area contributed by atoms with Crippen LogP contribution in [0.2, 0.25) is 0 Å². The fraction of sp³-hybridized carbons (Fsp3) is 0.536. The number of carbonyl (C=O) groups excluding carboxylic acids is 1. The fourth-order valence-electron chi connectivity index (χ4n) is 4.90. The normalized spacial score (nSPS) is 18.7. The van der Waals surface area contributed by atoms with Crippen molar-refractivity contribution >= 4 is 30.8 Å². The number of hydrogen-bond acceptors (Lipinski definition) is 10. The van der Waals surface area contributed by atoms with E-state index in [4.69, 9.17) is 28.4 Å². The minimum Gasteiger partial charge on any atom is -0.466 e. The van der Waals surface area contributed by atoms with Gasteiger partial charge in [0.1, 0.15) is 0 Å². The summed E-state index contributed by atoms with van der Waals surface area (Å²) in [7, 11) is 3.86. The second-order valence-electron chi connectivity index (χ2n) is 9.00. The summed E-state index contributed by atoms with van der Waals surface area (Å²) in [6.45, 7) is 7.44. The Morgan fingerprint density at radius 2 is 1.25 bits per heavy atom. The molecule has 2 atom stereocenters. The van der Waals surface area contributed by atoms with E-state index in [2.05, 4.69) is 27.5 Å². The first-order valence-corrected chi connectivity index (χ1v) is 13.1. The number of fused-ring (bicyclic) bond motifs is 6. The summed E-state index contributed by atoms with van der Waals surface area (Å²) in [4.78, 5) is 9.82. The van der Waals surface area contributed by atoms with Crippen LogP contribution in [0, 0.1) is 0 Å². The maximum Gasteiger partial charge on any atom is 0.302 e. The van der Waals surface area contributed by atoms with Crippen molar-refractivity contribution in [1.82, 2.24) is 10.6 Å². The number of carbonyl (C=O) groups is 1. The van der Waals surface area contributed by atoms with Crippen LogP contribution in [-0.2, 0) is 31.8 Å². The van der Waals surface area contributed by atoms with E-state index in [9.17, 15) is 4.79 Å². The van der Waals surface area contributed by atoms with Gasteiger partial charge in [0.25, 0.3) is 0 Å². The molecule has 0 bridgehead atoms. The first-order chi connectivity index (χ1) is 18.6. The van der Waals surface area contributed by atoms with Crippen LogP contribution in [0.5, 0.6) is 23.0 Å². The molecule has 0 saturated carbocycles. The lowest BCUT2D eigenvalue weighted by Crippen LogP contribution is -2.25. The van der Waals surface area contributed by atoms with Crippen LogP contribution >= 0.6 is 24.8 Å². The Kier molecular flexibility index (Phi) is 14.1. The van der Waals surface area contributed by atoms with Crippen molar-refractivity contribution in [3.63, 3.8) is 0 Å². The first kappa shape index (κ1) is 33.7. The van der Waals surface area contributed by atoms with E-state index in [-0.39, 0.29) is 43.0 Å². The molecule has 12 heteroatoms. The zero-order chi connectivity index (χ0) is 26.9. The Morgan fingerprint density at radius 3 is 1.60 bits per heavy atom. The average Bonchev–Trinajstić information content (AvgIpc) is 3.60. The number of likely N-dealkylation sites (N-methyl/N-ethyl adjacent to an activating group) is 2. The van der Waals surface area contributed by atoms with Gasteiger partial charge in [-0.3, -0.25) is 4.79 Å². The molecule has 0 radical (unpaired) electrons. The summed E-state index contributed by atoms with van der Waals surface area (Å²) in [5.74, 6) is 3.21. The molecule has 4 aliphatic heterocycles. The molecule has 40 heavy (non-hydrogen) atoms. The molecule has 4 heterocycles. The lowest BCUT2D eigenvalue weighted by molar-refractivity contribution is -0.140. The number of esters is 1. The molecular formula is C28H40Cl2N2O8. The Bertz CT molecular complexity index is 1030. The van der Waals surface area contributed by atoms with Crippen molar-refractivity contribution in [2.75, 3.05) is 60.6 Å². The number of benzene rings is 2. The van der Waals surface area contributed by atoms with Crippen molar-refractivity contribution in [2.45, 2.75) is 38.9 Å². The molecule has 6 rings (SSSR count). The largest absolute Gasteiger partial charge is 0.466 e. The highest BCUT2D eigenvalue weighted by Crippen LogP contribution is 2.44. The van der Waals surface area contributed by atoms with Gasteiger partial charge >= 0.3 is 5.97 Å². The molecule has 4 aliphatic rings. The van der Waals surface area contributed by atoms with Gasteiger partial charge in [-0.1, -0.05) is 12.1 Å². The SMILES string of the molecule is CCOC(C)=O.CNC[C@H]1OCCc2ccc3c(c21)OCO3.CNC[C@H]1OCCc2ccc3c(c21)OCO3.Cl.Cl. The Balaban J connectivity index is 0.000000225. The molecule has 224 valence electrons. The lowest BCUT2D eigenvalue weighted by Gasteiger charge is -2.26. The van der Waals surface area contributed by atoms with Crippen molar-refractivity contribution in [3.8, 4) is 23.0 Å². The topological polar surface area (TPSA) is 106 Å². The van der Waals surface area contributed by atoms with E-state index in [1.165, 1.54) is 18.1 Å². The van der Waals surface area contributed by atoms with E-state index in [0.717, 1.165) is 73.3 Å². The Morgan fingerprint density at radius 1 is 0.800 bits per heavy atom. The Labute approximate surface area is 248 Å². The second-order valence-corrected chi connectivity index (χ2v) is 9.00. The maximum absolute atomic E-state index is 9.82. The highest BCUT2D eigenvalue weighted by molar-refractivity contribution is 5.85. The van der Waals surface area contributed by atoms with Gasteiger partial charge in [-0.05, 0) is 57.1 Å². The number of ether oxygens (including phenoxy) is 7. The molecular weight excluding hydrogens is 563 g/mol. The van der Waals surface area contributed by atoms with E-state index in [0.29, 0.717) is 20.2 Å². The van der Waals surface area contributed by atoms with Crippen LogP contribution in [0.15, 0.2) is 24.3 Å². The third kappa shape index (κ3) is 8.05. The molecule has 0 fully saturated rings. The molecule has 2 aromatic carbocycles. The highest BCUT2D eigenvalue weighted by Gasteiger charge is 2.30. The summed E-state index contributed by atoms with van der Waals surface area (Å²) in [5.41, 5.74) is 4.96. The summed E-state index contributed by atoms with van der Waals surface area (Å²) in [6, 6.07) is 8.22. The number of rotatable bonds is 5. The molecule has 0 amide bonds. The summed E-state index contributed by atoms with van der Waals surface area (Å²) >= 11 is 0. The predicted octanol–water partition coefficient (Wildman–Crippen LogP) is 3.91. The van der Waals surface area contributed by atoms with Gasteiger partial charge < -0.3 is 43.8 Å². The summed E-state index contributed by atoms with van der Waals surface area (Å²) < 4.78 is 37.8. The predicted molar refractivity (Wildman–Crippen MR) is 155 cm³/mol. The molecule has 0 saturated heterocycles. The standard InChI is InChI=1S/2C12H15NO3.C4H8O2.2ClH/c2*1-13-6-10-11-8(4-5-14-10)2-3-9-12(11)16-7-15-9;1-3-6-4(2)5;;/h2*2-3,10,13H,4-7H2,1H3;3H2,1-2H3;2*1H/t2*10-;;;/m11.../s1. The van der Waals surface area contributed by atoms with Crippen LogP contribution in [0.1, 0.15) is 48.3 Å². The summed E-state index contributed by atoms with van der Waals surface area (Å²) in [5, 5.41) is 6.30. The monoisotopic (exact) mass is 602 g/mol. The van der Waals surface area contributed by atoms with Gasteiger partial charge in [-0.15, -0.1) is 24.8 Å². The third-order valence-corrected chi connectivity index (χ3v) is 6.49. The van der Waals surface area contributed by atoms with Crippen LogP contribution < -0.4 is 29.6 Å². The van der Waals surface area contributed by atoms with E-state index in [1.54, 1.807) is 6.92 Å². The summed E-state index contributed by atoms with van der Waals surface area (Å²) in [6.07, 6.45) is 2.05. The quantitative estimate of drug-likeness (QED) is 0.489. The van der Waals surface area contributed by atoms with Crippen LogP contribution in [0.3, 0.4) is 0 Å². The highest BCUT2D eigenvalue weighted by atomic mass is 35.5. The van der Waals surface area contributed by atoms with Crippen LogP contribution in [-0.4, -0.2) is 66.6 Å². The van der Waals surface area contributed by atoms with Gasteiger partial charge in [0.15, 0.2) is 23.0 Å². The maximum atomic E-state index is 9.82. The molecule has 0 unspecified atom stereocenters. The van der Waals surface area contributed by atoms with Gasteiger partial charge in [0.2, 0.25) is 13.6 Å². The van der Waals surface area contributed by atoms with E-state index in [1.807, 2.05) is 26.2 Å². The van der Waals surface area contributed by atoms with Gasteiger partial charge in [-0.2, -0.15) is 0 Å². The smallest absolute Gasteiger partial charge is 0.302 e. The number of nitrogens with one attached hydrogen (secondary N) is 2. The van der Waals surface area contributed by atoms with Crippen molar-refractivity contribution in [1.29, 1.82) is 0 Å². The molecule has 2 aromatic rings. The van der Waals surface area contributed by atoms with Crippen LogP contribution in [0.4, 0.5) is 0 Å². The molecule has 0 aromatic heterocycles. The van der Waals surface area contributed by atoms with E-state index >= 15 is 0 Å². The molecule has 10 nitrogen and oxygen atoms in total. The zero-order valence-corrected chi connectivity index (χ0v) is 25.0. The lowest BCUT2D eigenvalue weighted by atomic mass is 9.96. The first-order valence-electron chi connectivity index (χ1n) is 13.1. The van der Waals surface area contributed by atoms with Gasteiger partial charge in [0.05, 0.1) is 32.0 Å². The van der Waals surface area contributed by atoms with Gasteiger partial charge in [0, 0.05) is 31.1 Å². The fourth-order valence-corrected chi connectivity index (χ4v) is 4.90.